The average Bonchev–Trinajstić information content (AvgIpc) is 2.87. The topological polar surface area (TPSA) is 50.4 Å². The summed E-state index contributed by atoms with van der Waals surface area (Å²) in [6.07, 6.45) is 4.32. The molecule has 0 aliphatic carbocycles. The van der Waals surface area contributed by atoms with E-state index in [0.29, 0.717) is 11.8 Å². The predicted octanol–water partition coefficient (Wildman–Crippen LogP) is 7.85. The number of halogens is 2. The van der Waals surface area contributed by atoms with Crippen LogP contribution in [-0.4, -0.2) is 11.9 Å². The molecular weight excluding hydrogens is 470 g/mol. The van der Waals surface area contributed by atoms with E-state index in [9.17, 15) is 13.6 Å². The van der Waals surface area contributed by atoms with Crippen LogP contribution in [0, 0.1) is 17.0 Å². The number of ether oxygens (including phenoxy) is 1. The molecule has 37 heavy (non-hydrogen) atoms. The van der Waals surface area contributed by atoms with Gasteiger partial charge in [-0.15, -0.1) is 0 Å². The fourth-order valence-electron chi connectivity index (χ4n) is 3.57. The van der Waals surface area contributed by atoms with Crippen molar-refractivity contribution in [3.05, 3.63) is 101 Å². The molecule has 196 valence electrons. The van der Waals surface area contributed by atoms with Gasteiger partial charge in [0.05, 0.1) is 5.56 Å². The van der Waals surface area contributed by atoms with Crippen molar-refractivity contribution in [3.63, 3.8) is 0 Å². The summed E-state index contributed by atoms with van der Waals surface area (Å²) in [5.41, 5.74) is 3.37. The number of rotatable bonds is 11. The summed E-state index contributed by atoms with van der Waals surface area (Å²) in [7, 11) is 0. The zero-order valence-electron chi connectivity index (χ0n) is 22.2. The van der Waals surface area contributed by atoms with Crippen LogP contribution in [0.25, 0.3) is 5.70 Å². The lowest BCUT2D eigenvalue weighted by molar-refractivity contribution is 0.0948. The molecule has 4 nitrogen and oxygen atoms in total. The Kier molecular flexibility index (Phi) is 9.45. The quantitative estimate of drug-likeness (QED) is 0.278. The maximum atomic E-state index is 13.9. The third-order valence-electron chi connectivity index (χ3n) is 6.21. The van der Waals surface area contributed by atoms with E-state index in [2.05, 4.69) is 51.3 Å². The standard InChI is InChI=1S/C31H36F2N2O2/c1-6-31(4,5)18-17-28(35-21(2)3)23-9-7-22(8-10-23)20-34-30(36)27-19-25(33)13-16-29(27)37-26-14-11-24(32)12-15-26/h7-17,19,21,35H,6,18,20H2,1-5H3,(H,34,36)/b28-17+. The van der Waals surface area contributed by atoms with Crippen LogP contribution in [0.3, 0.4) is 0 Å². The van der Waals surface area contributed by atoms with E-state index in [1.807, 2.05) is 24.3 Å². The summed E-state index contributed by atoms with van der Waals surface area (Å²) < 4.78 is 32.8. The Morgan fingerprint density at radius 1 is 0.973 bits per heavy atom. The Morgan fingerprint density at radius 2 is 1.62 bits per heavy atom. The minimum atomic E-state index is -0.552. The zero-order valence-corrected chi connectivity index (χ0v) is 22.2. The number of amides is 1. The molecule has 0 saturated heterocycles. The summed E-state index contributed by atoms with van der Waals surface area (Å²) in [5.74, 6) is -0.888. The highest BCUT2D eigenvalue weighted by atomic mass is 19.1. The van der Waals surface area contributed by atoms with Crippen molar-refractivity contribution >= 4 is 11.6 Å². The van der Waals surface area contributed by atoms with Gasteiger partial charge in [0.15, 0.2) is 0 Å². The second-order valence-electron chi connectivity index (χ2n) is 10.2. The molecule has 6 heteroatoms. The molecule has 0 saturated carbocycles. The van der Waals surface area contributed by atoms with E-state index in [1.165, 1.54) is 36.4 Å². The van der Waals surface area contributed by atoms with E-state index in [4.69, 9.17) is 4.74 Å². The normalized spacial score (nSPS) is 11.9. The Balaban J connectivity index is 1.70. The van der Waals surface area contributed by atoms with Gasteiger partial charge in [0, 0.05) is 18.3 Å². The third-order valence-corrected chi connectivity index (χ3v) is 6.21. The van der Waals surface area contributed by atoms with Crippen molar-refractivity contribution in [1.82, 2.24) is 10.6 Å². The maximum absolute atomic E-state index is 13.9. The first kappa shape index (κ1) is 27.9. The molecule has 0 unspecified atom stereocenters. The zero-order chi connectivity index (χ0) is 27.0. The summed E-state index contributed by atoms with van der Waals surface area (Å²) in [5, 5.41) is 6.38. The number of benzene rings is 3. The fourth-order valence-corrected chi connectivity index (χ4v) is 3.57. The first-order chi connectivity index (χ1) is 17.6. The molecule has 0 aliphatic heterocycles. The van der Waals surface area contributed by atoms with E-state index in [0.717, 1.165) is 35.7 Å². The number of carbonyl (C=O) groups excluding carboxylic acids is 1. The highest BCUT2D eigenvalue weighted by Crippen LogP contribution is 2.28. The molecule has 3 rings (SSSR count). The van der Waals surface area contributed by atoms with Gasteiger partial charge in [0.25, 0.3) is 5.91 Å². The maximum Gasteiger partial charge on any atom is 0.255 e. The van der Waals surface area contributed by atoms with Gasteiger partial charge < -0.3 is 15.4 Å². The van der Waals surface area contributed by atoms with Gasteiger partial charge in [0.2, 0.25) is 0 Å². The second kappa shape index (κ2) is 12.5. The summed E-state index contributed by atoms with van der Waals surface area (Å²) in [6.45, 7) is 11.2. The largest absolute Gasteiger partial charge is 0.457 e. The van der Waals surface area contributed by atoms with Crippen LogP contribution in [0.1, 0.15) is 68.9 Å². The lowest BCUT2D eigenvalue weighted by atomic mass is 9.86. The monoisotopic (exact) mass is 506 g/mol. The average molecular weight is 507 g/mol. The summed E-state index contributed by atoms with van der Waals surface area (Å²) >= 11 is 0. The van der Waals surface area contributed by atoms with Gasteiger partial charge in [-0.05, 0) is 79.3 Å². The van der Waals surface area contributed by atoms with E-state index >= 15 is 0 Å². The van der Waals surface area contributed by atoms with Gasteiger partial charge >= 0.3 is 0 Å². The Bertz CT molecular complexity index is 1220. The van der Waals surface area contributed by atoms with Crippen LogP contribution in [0.2, 0.25) is 0 Å². The van der Waals surface area contributed by atoms with Crippen molar-refractivity contribution in [2.75, 3.05) is 0 Å². The van der Waals surface area contributed by atoms with Crippen LogP contribution in [0.5, 0.6) is 11.5 Å². The first-order valence-electron chi connectivity index (χ1n) is 12.6. The molecule has 0 spiro atoms. The van der Waals surface area contributed by atoms with Crippen molar-refractivity contribution in [2.45, 2.75) is 60.0 Å². The number of allylic oxidation sites excluding steroid dienone is 1. The molecule has 0 aromatic heterocycles. The third kappa shape index (κ3) is 8.45. The van der Waals surface area contributed by atoms with Crippen LogP contribution < -0.4 is 15.4 Å². The predicted molar refractivity (Wildman–Crippen MR) is 145 cm³/mol. The van der Waals surface area contributed by atoms with Gasteiger partial charge in [-0.3, -0.25) is 4.79 Å². The molecular formula is C31H36F2N2O2. The molecule has 2 N–H and O–H groups in total. The van der Waals surface area contributed by atoms with E-state index in [-0.39, 0.29) is 23.3 Å². The second-order valence-corrected chi connectivity index (χ2v) is 10.2. The minimum absolute atomic E-state index is 0.0610. The van der Waals surface area contributed by atoms with Crippen molar-refractivity contribution < 1.29 is 18.3 Å². The number of hydrogen-bond donors (Lipinski definition) is 2. The number of hydrogen-bond acceptors (Lipinski definition) is 3. The van der Waals surface area contributed by atoms with Gasteiger partial charge in [-0.25, -0.2) is 8.78 Å². The van der Waals surface area contributed by atoms with Crippen LogP contribution >= 0.6 is 0 Å². The lowest BCUT2D eigenvalue weighted by Gasteiger charge is -2.22. The molecule has 1 amide bonds. The Morgan fingerprint density at radius 3 is 2.24 bits per heavy atom. The molecule has 0 fully saturated rings. The SMILES string of the molecule is CCC(C)(C)C/C=C(/NC(C)C)c1ccc(CNC(=O)c2cc(F)ccc2Oc2ccc(F)cc2)cc1. The van der Waals surface area contributed by atoms with Crippen LogP contribution in [0.15, 0.2) is 72.8 Å². The number of nitrogens with one attached hydrogen (secondary N) is 2. The summed E-state index contributed by atoms with van der Waals surface area (Å²) in [4.78, 5) is 12.9. The van der Waals surface area contributed by atoms with E-state index in [1.54, 1.807) is 0 Å². The van der Waals surface area contributed by atoms with Crippen molar-refractivity contribution in [2.24, 2.45) is 5.41 Å². The first-order valence-corrected chi connectivity index (χ1v) is 12.6. The van der Waals surface area contributed by atoms with E-state index < -0.39 is 17.5 Å². The number of carbonyl (C=O) groups is 1. The van der Waals surface area contributed by atoms with Crippen molar-refractivity contribution in [3.8, 4) is 11.5 Å². The molecule has 0 radical (unpaired) electrons. The lowest BCUT2D eigenvalue weighted by Crippen LogP contribution is -2.23. The molecule has 3 aromatic carbocycles. The Hall–Kier alpha value is -3.67. The van der Waals surface area contributed by atoms with Gasteiger partial charge in [-0.2, -0.15) is 0 Å². The smallest absolute Gasteiger partial charge is 0.255 e. The molecule has 0 heterocycles. The molecule has 3 aromatic rings. The highest BCUT2D eigenvalue weighted by molar-refractivity contribution is 5.97. The molecule has 0 atom stereocenters. The van der Waals surface area contributed by atoms with Crippen LogP contribution in [-0.2, 0) is 6.54 Å². The minimum Gasteiger partial charge on any atom is -0.457 e. The highest BCUT2D eigenvalue weighted by Gasteiger charge is 2.16. The van der Waals surface area contributed by atoms with Gasteiger partial charge in [-0.1, -0.05) is 57.5 Å². The summed E-state index contributed by atoms with van der Waals surface area (Å²) in [6, 6.07) is 17.4. The molecule has 0 bridgehead atoms. The molecule has 0 aliphatic rings. The van der Waals surface area contributed by atoms with Crippen LogP contribution in [0.4, 0.5) is 8.78 Å². The van der Waals surface area contributed by atoms with Crippen molar-refractivity contribution in [1.29, 1.82) is 0 Å². The fraction of sp³-hybridized carbons (Fsp3) is 0.323. The Labute approximate surface area is 218 Å². The van der Waals surface area contributed by atoms with Gasteiger partial charge in [0.1, 0.15) is 23.1 Å².